The third kappa shape index (κ3) is 5.21. The predicted molar refractivity (Wildman–Crippen MR) is 141 cm³/mol. The minimum absolute atomic E-state index is 0.00678. The Morgan fingerprint density at radius 2 is 1.81 bits per heavy atom. The summed E-state index contributed by atoms with van der Waals surface area (Å²) in [7, 11) is 1.47. The third-order valence-electron chi connectivity index (χ3n) is 7.21. The molecular formula is C27H31N3O5S. The minimum Gasteiger partial charge on any atom is -0.496 e. The summed E-state index contributed by atoms with van der Waals surface area (Å²) in [6.45, 7) is 0. The van der Waals surface area contributed by atoms with Crippen molar-refractivity contribution in [1.29, 1.82) is 0 Å². The van der Waals surface area contributed by atoms with E-state index in [4.69, 9.17) is 14.1 Å². The molecule has 3 fully saturated rings. The Morgan fingerprint density at radius 1 is 1.08 bits per heavy atom. The largest absolute Gasteiger partial charge is 0.496 e. The van der Waals surface area contributed by atoms with Gasteiger partial charge in [-0.15, -0.1) is 0 Å². The number of carbonyl (C=O) groups is 1. The first-order valence-corrected chi connectivity index (χ1v) is 13.6. The van der Waals surface area contributed by atoms with E-state index in [0.29, 0.717) is 33.8 Å². The van der Waals surface area contributed by atoms with Crippen LogP contribution in [0.15, 0.2) is 44.6 Å². The van der Waals surface area contributed by atoms with Crippen molar-refractivity contribution in [2.24, 2.45) is 4.99 Å². The minimum atomic E-state index is -0.461. The molecule has 0 spiro atoms. The lowest BCUT2D eigenvalue weighted by Gasteiger charge is -2.31. The number of hydrogen-bond acceptors (Lipinski definition) is 7. The second kappa shape index (κ2) is 10.9. The van der Waals surface area contributed by atoms with E-state index in [9.17, 15) is 14.9 Å². The normalized spacial score (nSPS) is 22.0. The SMILES string of the molecule is COc1cc([N+](=O)[O-])ccc1-c1ccc(C=C2SC(=NC3CCCCC3)N(C3CCCCC3)C2=O)o1. The standard InChI is InChI=1S/C27H31N3O5S/c1-34-24-16-20(30(32)33)12-14-22(24)23-15-13-21(35-23)17-25-26(31)29(19-10-6-3-7-11-19)27(36-25)28-18-8-4-2-5-9-18/h12-19H,2-11H2,1H3. The summed E-state index contributed by atoms with van der Waals surface area (Å²) in [5.74, 6) is 1.43. The fourth-order valence-electron chi connectivity index (χ4n) is 5.31. The van der Waals surface area contributed by atoms with E-state index < -0.39 is 4.92 Å². The molecule has 1 aromatic carbocycles. The lowest BCUT2D eigenvalue weighted by molar-refractivity contribution is -0.384. The molecular weight excluding hydrogens is 478 g/mol. The average Bonchev–Trinajstić information content (AvgIpc) is 3.49. The van der Waals surface area contributed by atoms with Crippen molar-refractivity contribution < 1.29 is 18.9 Å². The molecule has 0 N–H and O–H groups in total. The van der Waals surface area contributed by atoms with Gasteiger partial charge in [0.2, 0.25) is 0 Å². The number of benzene rings is 1. The van der Waals surface area contributed by atoms with Gasteiger partial charge in [0.25, 0.3) is 11.6 Å². The Balaban J connectivity index is 1.42. The van der Waals surface area contributed by atoms with E-state index in [0.717, 1.165) is 43.7 Å². The van der Waals surface area contributed by atoms with Gasteiger partial charge in [-0.1, -0.05) is 38.5 Å². The van der Waals surface area contributed by atoms with Crippen LogP contribution >= 0.6 is 11.8 Å². The summed E-state index contributed by atoms with van der Waals surface area (Å²) >= 11 is 1.45. The second-order valence-electron chi connectivity index (χ2n) is 9.62. The lowest BCUT2D eigenvalue weighted by Crippen LogP contribution is -2.41. The van der Waals surface area contributed by atoms with Gasteiger partial charge in [0.1, 0.15) is 17.3 Å². The van der Waals surface area contributed by atoms with E-state index in [-0.39, 0.29) is 17.6 Å². The topological polar surface area (TPSA) is 98.2 Å². The quantitative estimate of drug-likeness (QED) is 0.241. The molecule has 1 aliphatic heterocycles. The highest BCUT2D eigenvalue weighted by molar-refractivity contribution is 8.18. The van der Waals surface area contributed by atoms with Crippen LogP contribution in [0, 0.1) is 10.1 Å². The maximum Gasteiger partial charge on any atom is 0.273 e. The smallest absolute Gasteiger partial charge is 0.273 e. The first kappa shape index (κ1) is 24.6. The zero-order valence-corrected chi connectivity index (χ0v) is 21.3. The molecule has 0 radical (unpaired) electrons. The average molecular weight is 510 g/mol. The number of rotatable bonds is 6. The van der Waals surface area contributed by atoms with Crippen molar-refractivity contribution in [3.63, 3.8) is 0 Å². The summed E-state index contributed by atoms with van der Waals surface area (Å²) in [5, 5.41) is 12.0. The van der Waals surface area contributed by atoms with Crippen LogP contribution in [0.2, 0.25) is 0 Å². The van der Waals surface area contributed by atoms with Gasteiger partial charge >= 0.3 is 0 Å². The zero-order chi connectivity index (χ0) is 25.1. The molecule has 9 heteroatoms. The number of amidine groups is 1. The second-order valence-corrected chi connectivity index (χ2v) is 10.6. The molecule has 3 aliphatic rings. The molecule has 2 aliphatic carbocycles. The van der Waals surface area contributed by atoms with Gasteiger partial charge < -0.3 is 9.15 Å². The molecule has 1 saturated heterocycles. The lowest BCUT2D eigenvalue weighted by atomic mass is 9.94. The summed E-state index contributed by atoms with van der Waals surface area (Å²) in [6, 6.07) is 8.51. The van der Waals surface area contributed by atoms with Crippen molar-refractivity contribution in [2.45, 2.75) is 76.3 Å². The summed E-state index contributed by atoms with van der Waals surface area (Å²) in [4.78, 5) is 31.9. The van der Waals surface area contributed by atoms with Crippen molar-refractivity contribution >= 4 is 34.6 Å². The van der Waals surface area contributed by atoms with Gasteiger partial charge in [-0.25, -0.2) is 0 Å². The molecule has 0 unspecified atom stereocenters. The van der Waals surface area contributed by atoms with E-state index in [1.165, 1.54) is 56.7 Å². The molecule has 0 bridgehead atoms. The Hall–Kier alpha value is -3.07. The Labute approximate surface area is 214 Å². The van der Waals surface area contributed by atoms with Crippen LogP contribution in [-0.2, 0) is 4.79 Å². The van der Waals surface area contributed by atoms with Gasteiger partial charge in [-0.3, -0.25) is 24.8 Å². The third-order valence-corrected chi connectivity index (χ3v) is 8.20. The number of aliphatic imine (C=N–C) groups is 1. The van der Waals surface area contributed by atoms with Gasteiger partial charge in [0.05, 0.1) is 34.6 Å². The molecule has 1 aromatic heterocycles. The number of furan rings is 1. The van der Waals surface area contributed by atoms with Crippen LogP contribution in [0.5, 0.6) is 5.75 Å². The maximum absolute atomic E-state index is 13.6. The van der Waals surface area contributed by atoms with Crippen LogP contribution in [0.4, 0.5) is 5.69 Å². The van der Waals surface area contributed by atoms with Crippen LogP contribution in [0.1, 0.15) is 70.0 Å². The number of ether oxygens (including phenoxy) is 1. The number of non-ortho nitro benzene ring substituents is 1. The van der Waals surface area contributed by atoms with Crippen molar-refractivity contribution in [3.8, 4) is 17.1 Å². The number of amides is 1. The van der Waals surface area contributed by atoms with E-state index in [1.807, 2.05) is 4.90 Å². The van der Waals surface area contributed by atoms with Crippen molar-refractivity contribution in [1.82, 2.24) is 4.90 Å². The van der Waals surface area contributed by atoms with Crippen LogP contribution in [0.3, 0.4) is 0 Å². The Kier molecular flexibility index (Phi) is 7.46. The van der Waals surface area contributed by atoms with Crippen molar-refractivity contribution in [2.75, 3.05) is 7.11 Å². The maximum atomic E-state index is 13.6. The van der Waals surface area contributed by atoms with Crippen molar-refractivity contribution in [3.05, 3.63) is 51.1 Å². The van der Waals surface area contributed by atoms with Gasteiger partial charge in [-0.2, -0.15) is 0 Å². The summed E-state index contributed by atoms with van der Waals surface area (Å²) in [5.41, 5.74) is 0.562. The molecule has 5 rings (SSSR count). The molecule has 2 heterocycles. The molecule has 8 nitrogen and oxygen atoms in total. The molecule has 2 aromatic rings. The van der Waals surface area contributed by atoms with Gasteiger partial charge in [0, 0.05) is 18.2 Å². The van der Waals surface area contributed by atoms with E-state index >= 15 is 0 Å². The number of hydrogen-bond donors (Lipinski definition) is 0. The number of nitrogens with zero attached hydrogens (tertiary/aromatic N) is 3. The molecule has 1 amide bonds. The summed E-state index contributed by atoms with van der Waals surface area (Å²) in [6.07, 6.45) is 13.2. The fourth-order valence-corrected chi connectivity index (χ4v) is 6.40. The number of methoxy groups -OCH3 is 1. The predicted octanol–water partition coefficient (Wildman–Crippen LogP) is 6.80. The first-order chi connectivity index (χ1) is 17.5. The molecule has 0 atom stereocenters. The van der Waals surface area contributed by atoms with Crippen LogP contribution in [0.25, 0.3) is 17.4 Å². The zero-order valence-electron chi connectivity index (χ0n) is 20.5. The van der Waals surface area contributed by atoms with Crippen LogP contribution in [-0.4, -0.2) is 40.1 Å². The van der Waals surface area contributed by atoms with Gasteiger partial charge in [0.15, 0.2) is 5.17 Å². The highest BCUT2D eigenvalue weighted by atomic mass is 32.2. The molecule has 2 saturated carbocycles. The number of carbonyl (C=O) groups excluding carboxylic acids is 1. The monoisotopic (exact) mass is 509 g/mol. The van der Waals surface area contributed by atoms with Gasteiger partial charge in [-0.05, 0) is 55.6 Å². The Morgan fingerprint density at radius 3 is 2.50 bits per heavy atom. The fraction of sp³-hybridized carbons (Fsp3) is 0.481. The highest BCUT2D eigenvalue weighted by Gasteiger charge is 2.39. The number of nitro benzene ring substituents is 1. The Bertz CT molecular complexity index is 1190. The molecule has 190 valence electrons. The van der Waals surface area contributed by atoms with Crippen LogP contribution < -0.4 is 4.74 Å². The van der Waals surface area contributed by atoms with E-state index in [2.05, 4.69) is 0 Å². The number of thioether (sulfide) groups is 1. The summed E-state index contributed by atoms with van der Waals surface area (Å²) < 4.78 is 11.4. The first-order valence-electron chi connectivity index (χ1n) is 12.8. The van der Waals surface area contributed by atoms with E-state index in [1.54, 1.807) is 24.3 Å². The number of nitro groups is 1. The molecule has 36 heavy (non-hydrogen) atoms. The highest BCUT2D eigenvalue weighted by Crippen LogP contribution is 2.40.